The number of hydrogen-bond donors (Lipinski definition) is 1. The normalized spacial score (nSPS) is 50.8. The van der Waals surface area contributed by atoms with Gasteiger partial charge in [0.15, 0.2) is 5.78 Å². The van der Waals surface area contributed by atoms with Crippen molar-refractivity contribution in [2.24, 2.45) is 40.4 Å². The van der Waals surface area contributed by atoms with Crippen LogP contribution in [0, 0.1) is 40.4 Å². The number of Topliss-reactive ketones (excluding diaryl/α,β-unsaturated/α-hetero) is 2. The molecule has 134 valence electrons. The second-order valence-corrected chi connectivity index (χ2v) is 9.55. The number of aliphatic hydroxyl groups excluding tert-OH is 1. The Labute approximate surface area is 145 Å². The second kappa shape index (κ2) is 5.65. The van der Waals surface area contributed by atoms with Gasteiger partial charge in [-0.05, 0) is 80.5 Å². The molecule has 4 fully saturated rings. The van der Waals surface area contributed by atoms with Crippen LogP contribution in [-0.2, 0) is 9.59 Å². The van der Waals surface area contributed by atoms with Crippen LogP contribution in [-0.4, -0.2) is 23.3 Å². The molecule has 0 saturated heterocycles. The molecular formula is C21H32O3. The molecule has 0 amide bonds. The molecule has 4 saturated carbocycles. The fraction of sp³-hybridized carbons (Fsp3) is 0.905. The van der Waals surface area contributed by atoms with Gasteiger partial charge in [0.05, 0.1) is 0 Å². The molecule has 3 nitrogen and oxygen atoms in total. The van der Waals surface area contributed by atoms with Crippen molar-refractivity contribution in [2.75, 3.05) is 6.61 Å². The van der Waals surface area contributed by atoms with Gasteiger partial charge in [0.1, 0.15) is 12.4 Å². The molecule has 3 heteroatoms. The third kappa shape index (κ3) is 2.06. The van der Waals surface area contributed by atoms with Crippen LogP contribution in [0.4, 0.5) is 0 Å². The molecular weight excluding hydrogens is 300 g/mol. The number of carbonyl (C=O) groups excluding carboxylic acids is 2. The maximum Gasteiger partial charge on any atom is 0.161 e. The van der Waals surface area contributed by atoms with Crippen LogP contribution in [0.1, 0.15) is 71.6 Å². The summed E-state index contributed by atoms with van der Waals surface area (Å²) in [6.07, 6.45) is 9.78. The van der Waals surface area contributed by atoms with Crippen LogP contribution in [0.15, 0.2) is 0 Å². The standard InChI is InChI=1S/C21H32O3/c1-20-11-10-16-14(15(20)8-9-17(20)18(23)12-22)7-6-13-4-3-5-19(24)21(13,16)2/h13-17,22H,3-12H2,1-2H3/t13-,14+,15+,16+,17-,20+,21+/m1/s1. The monoisotopic (exact) mass is 332 g/mol. The van der Waals surface area contributed by atoms with Gasteiger partial charge in [-0.2, -0.15) is 0 Å². The zero-order valence-electron chi connectivity index (χ0n) is 15.2. The number of carbonyl (C=O) groups is 2. The molecule has 0 aromatic heterocycles. The maximum atomic E-state index is 12.9. The van der Waals surface area contributed by atoms with E-state index in [1.54, 1.807) is 0 Å². The van der Waals surface area contributed by atoms with Crippen LogP contribution in [0.2, 0.25) is 0 Å². The number of rotatable bonds is 2. The summed E-state index contributed by atoms with van der Waals surface area (Å²) in [6, 6.07) is 0. The molecule has 0 aromatic carbocycles. The quantitative estimate of drug-likeness (QED) is 0.837. The summed E-state index contributed by atoms with van der Waals surface area (Å²) in [4.78, 5) is 25.2. The van der Waals surface area contributed by atoms with E-state index in [0.29, 0.717) is 29.5 Å². The average Bonchev–Trinajstić information content (AvgIpc) is 2.92. The zero-order chi connectivity index (χ0) is 17.1. The van der Waals surface area contributed by atoms with Crippen molar-refractivity contribution >= 4 is 11.6 Å². The van der Waals surface area contributed by atoms with Gasteiger partial charge >= 0.3 is 0 Å². The minimum atomic E-state index is -0.306. The van der Waals surface area contributed by atoms with Gasteiger partial charge in [0, 0.05) is 17.8 Å². The van der Waals surface area contributed by atoms with E-state index in [-0.39, 0.29) is 29.1 Å². The largest absolute Gasteiger partial charge is 0.389 e. The van der Waals surface area contributed by atoms with Gasteiger partial charge in [-0.1, -0.05) is 13.8 Å². The SMILES string of the molecule is C[C@]12CC[C@H]3[C@@H](CC[C@H]4CCCC(=O)[C@@]43C)[C@@H]1CC[C@@H]2C(=O)CO. The van der Waals surface area contributed by atoms with Crippen molar-refractivity contribution < 1.29 is 14.7 Å². The number of hydrogen-bond acceptors (Lipinski definition) is 3. The topological polar surface area (TPSA) is 54.4 Å². The smallest absolute Gasteiger partial charge is 0.161 e. The third-order valence-electron chi connectivity index (χ3n) is 9.01. The Bertz CT molecular complexity index is 555. The fourth-order valence-electron chi connectivity index (χ4n) is 7.73. The molecule has 0 spiro atoms. The van der Waals surface area contributed by atoms with Crippen molar-refractivity contribution in [3.05, 3.63) is 0 Å². The highest BCUT2D eigenvalue weighted by atomic mass is 16.3. The Balaban J connectivity index is 1.65. The highest BCUT2D eigenvalue weighted by molar-refractivity contribution is 5.86. The summed E-state index contributed by atoms with van der Waals surface area (Å²) in [5, 5.41) is 9.37. The molecule has 4 aliphatic carbocycles. The lowest BCUT2D eigenvalue weighted by molar-refractivity contribution is -0.157. The van der Waals surface area contributed by atoms with Crippen LogP contribution < -0.4 is 0 Å². The lowest BCUT2D eigenvalue weighted by Gasteiger charge is -2.59. The third-order valence-corrected chi connectivity index (χ3v) is 9.01. The minimum Gasteiger partial charge on any atom is -0.389 e. The Morgan fingerprint density at radius 3 is 2.62 bits per heavy atom. The summed E-state index contributed by atoms with van der Waals surface area (Å²) in [5.41, 5.74) is -0.0382. The molecule has 24 heavy (non-hydrogen) atoms. The number of aliphatic hydroxyl groups is 1. The van der Waals surface area contributed by atoms with E-state index in [2.05, 4.69) is 13.8 Å². The Kier molecular flexibility index (Phi) is 3.95. The van der Waals surface area contributed by atoms with Crippen molar-refractivity contribution in [3.63, 3.8) is 0 Å². The van der Waals surface area contributed by atoms with Crippen LogP contribution in [0.5, 0.6) is 0 Å². The minimum absolute atomic E-state index is 0.0426. The first kappa shape index (κ1) is 16.8. The molecule has 0 aliphatic heterocycles. The highest BCUT2D eigenvalue weighted by Gasteiger charge is 2.62. The van der Waals surface area contributed by atoms with Crippen LogP contribution >= 0.6 is 0 Å². The van der Waals surface area contributed by atoms with E-state index in [4.69, 9.17) is 0 Å². The molecule has 0 aromatic rings. The predicted octanol–water partition coefficient (Wildman–Crippen LogP) is 3.78. The van der Waals surface area contributed by atoms with Gasteiger partial charge in [0.25, 0.3) is 0 Å². The van der Waals surface area contributed by atoms with E-state index in [1.807, 2.05) is 0 Å². The van der Waals surface area contributed by atoms with E-state index < -0.39 is 0 Å². The van der Waals surface area contributed by atoms with Crippen molar-refractivity contribution in [1.29, 1.82) is 0 Å². The van der Waals surface area contributed by atoms with Gasteiger partial charge in [0.2, 0.25) is 0 Å². The van der Waals surface area contributed by atoms with Crippen molar-refractivity contribution in [1.82, 2.24) is 0 Å². The molecule has 4 rings (SSSR count). The molecule has 1 N–H and O–H groups in total. The summed E-state index contributed by atoms with van der Waals surface area (Å²) < 4.78 is 0. The average molecular weight is 332 g/mol. The summed E-state index contributed by atoms with van der Waals surface area (Å²) >= 11 is 0. The molecule has 0 unspecified atom stereocenters. The van der Waals surface area contributed by atoms with Gasteiger partial charge < -0.3 is 5.11 Å². The second-order valence-electron chi connectivity index (χ2n) is 9.55. The summed E-state index contributed by atoms with van der Waals surface area (Å²) in [7, 11) is 0. The van der Waals surface area contributed by atoms with Crippen molar-refractivity contribution in [2.45, 2.75) is 71.6 Å². The van der Waals surface area contributed by atoms with Gasteiger partial charge in [-0.25, -0.2) is 0 Å². The lowest BCUT2D eigenvalue weighted by Crippen LogP contribution is -2.56. The first-order valence-corrected chi connectivity index (χ1v) is 10.1. The van der Waals surface area contributed by atoms with Crippen molar-refractivity contribution in [3.8, 4) is 0 Å². The van der Waals surface area contributed by atoms with E-state index in [1.165, 1.54) is 19.3 Å². The van der Waals surface area contributed by atoms with Crippen LogP contribution in [0.3, 0.4) is 0 Å². The van der Waals surface area contributed by atoms with Gasteiger partial charge in [-0.15, -0.1) is 0 Å². The molecule has 7 atom stereocenters. The maximum absolute atomic E-state index is 12.9. The first-order chi connectivity index (χ1) is 11.4. The summed E-state index contributed by atoms with van der Waals surface area (Å²) in [6.45, 7) is 4.28. The fourth-order valence-corrected chi connectivity index (χ4v) is 7.73. The number of ketones is 2. The van der Waals surface area contributed by atoms with Gasteiger partial charge in [-0.3, -0.25) is 9.59 Å². The summed E-state index contributed by atoms with van der Waals surface area (Å²) in [5.74, 6) is 2.93. The highest BCUT2D eigenvalue weighted by Crippen LogP contribution is 2.66. The Morgan fingerprint density at radius 2 is 1.88 bits per heavy atom. The van der Waals surface area contributed by atoms with E-state index >= 15 is 0 Å². The van der Waals surface area contributed by atoms with E-state index in [9.17, 15) is 14.7 Å². The molecule has 0 heterocycles. The molecule has 0 radical (unpaired) electrons. The molecule has 4 aliphatic rings. The van der Waals surface area contributed by atoms with Crippen LogP contribution in [0.25, 0.3) is 0 Å². The zero-order valence-corrected chi connectivity index (χ0v) is 15.2. The lowest BCUT2D eigenvalue weighted by atomic mass is 9.44. The predicted molar refractivity (Wildman–Crippen MR) is 92.3 cm³/mol. The Morgan fingerprint density at radius 1 is 1.08 bits per heavy atom. The van der Waals surface area contributed by atoms with E-state index in [0.717, 1.165) is 38.5 Å². The molecule has 0 bridgehead atoms. The Hall–Kier alpha value is -0.700. The first-order valence-electron chi connectivity index (χ1n) is 10.1. The number of fused-ring (bicyclic) bond motifs is 5.